The minimum atomic E-state index is -0.266. The Hall–Kier alpha value is -3.08. The molecule has 0 atom stereocenters. The molecule has 0 unspecified atom stereocenters. The Morgan fingerprint density at radius 3 is 2.55 bits per heavy atom. The van der Waals surface area contributed by atoms with Gasteiger partial charge in [0, 0.05) is 17.3 Å². The highest BCUT2D eigenvalue weighted by molar-refractivity contribution is 6.05. The first-order valence-corrected chi connectivity index (χ1v) is 6.83. The Kier molecular flexibility index (Phi) is 3.62. The number of nitrogens with one attached hydrogen (secondary N) is 2. The molecule has 0 saturated carbocycles. The summed E-state index contributed by atoms with van der Waals surface area (Å²) in [7, 11) is 0. The Labute approximate surface area is 127 Å². The molecule has 3 rings (SSSR count). The van der Waals surface area contributed by atoms with Gasteiger partial charge in [0.05, 0.1) is 11.9 Å². The molecule has 0 spiro atoms. The van der Waals surface area contributed by atoms with Crippen LogP contribution in [0.15, 0.2) is 54.9 Å². The van der Waals surface area contributed by atoms with Gasteiger partial charge < -0.3 is 10.4 Å². The van der Waals surface area contributed by atoms with Gasteiger partial charge in [0.2, 0.25) is 0 Å². The Morgan fingerprint density at radius 2 is 1.91 bits per heavy atom. The summed E-state index contributed by atoms with van der Waals surface area (Å²) >= 11 is 0. The van der Waals surface area contributed by atoms with Crippen LogP contribution in [0.5, 0.6) is 5.75 Å². The Bertz CT molecular complexity index is 793. The highest BCUT2D eigenvalue weighted by atomic mass is 16.3. The lowest BCUT2D eigenvalue weighted by Crippen LogP contribution is -2.11. The number of rotatable bonds is 3. The number of aromatic nitrogens is 2. The quantitative estimate of drug-likeness (QED) is 0.648. The molecule has 3 N–H and O–H groups in total. The molecule has 1 aromatic heterocycles. The lowest BCUT2D eigenvalue weighted by atomic mass is 10.1. The van der Waals surface area contributed by atoms with E-state index in [4.69, 9.17) is 0 Å². The number of nitrogens with zero attached hydrogens (tertiary/aromatic N) is 1. The minimum absolute atomic E-state index is 0.0587. The number of carbonyl (C=O) groups is 1. The second kappa shape index (κ2) is 5.73. The fraction of sp³-hybridized carbons (Fsp3) is 0.0588. The third-order valence-corrected chi connectivity index (χ3v) is 3.38. The van der Waals surface area contributed by atoms with Crippen LogP contribution >= 0.6 is 0 Å². The lowest BCUT2D eigenvalue weighted by Gasteiger charge is -2.08. The molecule has 22 heavy (non-hydrogen) atoms. The van der Waals surface area contributed by atoms with Gasteiger partial charge in [0.1, 0.15) is 5.75 Å². The van der Waals surface area contributed by atoms with E-state index in [1.165, 1.54) is 0 Å². The van der Waals surface area contributed by atoms with Gasteiger partial charge in [0.15, 0.2) is 0 Å². The molecule has 1 amide bonds. The summed E-state index contributed by atoms with van der Waals surface area (Å²) in [5.41, 5.74) is 3.79. The summed E-state index contributed by atoms with van der Waals surface area (Å²) in [6.07, 6.45) is 3.51. The number of benzene rings is 2. The lowest BCUT2D eigenvalue weighted by molar-refractivity contribution is 0.102. The van der Waals surface area contributed by atoms with E-state index in [0.717, 1.165) is 16.7 Å². The van der Waals surface area contributed by atoms with Crippen molar-refractivity contribution >= 4 is 11.6 Å². The van der Waals surface area contributed by atoms with Crippen molar-refractivity contribution in [3.05, 3.63) is 66.0 Å². The average Bonchev–Trinajstić information content (AvgIpc) is 3.04. The maximum absolute atomic E-state index is 12.2. The number of H-pyrrole nitrogens is 1. The number of hydrogen-bond acceptors (Lipinski definition) is 3. The van der Waals surface area contributed by atoms with Crippen molar-refractivity contribution in [3.8, 4) is 16.9 Å². The molecule has 0 bridgehead atoms. The molecule has 0 aliphatic heterocycles. The van der Waals surface area contributed by atoms with Crippen molar-refractivity contribution in [2.45, 2.75) is 6.92 Å². The van der Waals surface area contributed by atoms with E-state index < -0.39 is 0 Å². The summed E-state index contributed by atoms with van der Waals surface area (Å²) in [5.74, 6) is -0.207. The van der Waals surface area contributed by atoms with E-state index in [0.29, 0.717) is 11.3 Å². The minimum Gasteiger partial charge on any atom is -0.506 e. The second-order valence-corrected chi connectivity index (χ2v) is 5.04. The molecule has 5 nitrogen and oxygen atoms in total. The largest absolute Gasteiger partial charge is 0.506 e. The molecule has 0 aliphatic carbocycles. The fourth-order valence-electron chi connectivity index (χ4n) is 2.16. The monoisotopic (exact) mass is 293 g/mol. The summed E-state index contributed by atoms with van der Waals surface area (Å²) < 4.78 is 0. The van der Waals surface area contributed by atoms with Crippen LogP contribution in [0.3, 0.4) is 0 Å². The predicted molar refractivity (Wildman–Crippen MR) is 84.8 cm³/mol. The molecule has 2 aromatic carbocycles. The van der Waals surface area contributed by atoms with E-state index >= 15 is 0 Å². The van der Waals surface area contributed by atoms with E-state index in [9.17, 15) is 9.90 Å². The summed E-state index contributed by atoms with van der Waals surface area (Å²) in [4.78, 5) is 12.2. The third-order valence-electron chi connectivity index (χ3n) is 3.38. The summed E-state index contributed by atoms with van der Waals surface area (Å²) in [6, 6.07) is 12.3. The van der Waals surface area contributed by atoms with Crippen molar-refractivity contribution in [2.75, 3.05) is 5.32 Å². The van der Waals surface area contributed by atoms with Gasteiger partial charge in [-0.15, -0.1) is 0 Å². The van der Waals surface area contributed by atoms with E-state index in [1.807, 2.05) is 25.1 Å². The van der Waals surface area contributed by atoms with Gasteiger partial charge in [-0.1, -0.05) is 18.2 Å². The van der Waals surface area contributed by atoms with Crippen LogP contribution in [0, 0.1) is 6.92 Å². The fourth-order valence-corrected chi connectivity index (χ4v) is 2.16. The highest BCUT2D eigenvalue weighted by Crippen LogP contribution is 2.25. The zero-order valence-corrected chi connectivity index (χ0v) is 12.0. The average molecular weight is 293 g/mol. The second-order valence-electron chi connectivity index (χ2n) is 5.04. The van der Waals surface area contributed by atoms with E-state index in [1.54, 1.807) is 36.7 Å². The normalized spacial score (nSPS) is 10.4. The summed E-state index contributed by atoms with van der Waals surface area (Å²) in [5, 5.41) is 19.2. The first-order valence-electron chi connectivity index (χ1n) is 6.83. The van der Waals surface area contributed by atoms with Crippen molar-refractivity contribution in [3.63, 3.8) is 0 Å². The number of phenols is 1. The van der Waals surface area contributed by atoms with Crippen LogP contribution in [0.1, 0.15) is 15.9 Å². The van der Waals surface area contributed by atoms with Gasteiger partial charge in [0.25, 0.3) is 5.91 Å². The molecule has 0 fully saturated rings. The topological polar surface area (TPSA) is 78.0 Å². The Morgan fingerprint density at radius 1 is 1.14 bits per heavy atom. The molecular weight excluding hydrogens is 278 g/mol. The first-order chi connectivity index (χ1) is 10.6. The van der Waals surface area contributed by atoms with Crippen LogP contribution < -0.4 is 5.32 Å². The van der Waals surface area contributed by atoms with Crippen molar-refractivity contribution in [1.82, 2.24) is 10.2 Å². The third kappa shape index (κ3) is 2.83. The van der Waals surface area contributed by atoms with Crippen molar-refractivity contribution < 1.29 is 9.90 Å². The van der Waals surface area contributed by atoms with Crippen LogP contribution in [0.4, 0.5) is 5.69 Å². The summed E-state index contributed by atoms with van der Waals surface area (Å²) in [6.45, 7) is 1.87. The highest BCUT2D eigenvalue weighted by Gasteiger charge is 2.09. The van der Waals surface area contributed by atoms with Crippen LogP contribution in [-0.2, 0) is 0 Å². The number of anilines is 1. The predicted octanol–water partition coefficient (Wildman–Crippen LogP) is 3.34. The van der Waals surface area contributed by atoms with Crippen molar-refractivity contribution in [2.24, 2.45) is 0 Å². The number of carbonyl (C=O) groups excluding carboxylic acids is 1. The maximum Gasteiger partial charge on any atom is 0.255 e. The number of aromatic amines is 1. The zero-order valence-electron chi connectivity index (χ0n) is 12.0. The van der Waals surface area contributed by atoms with Gasteiger partial charge >= 0.3 is 0 Å². The smallest absolute Gasteiger partial charge is 0.255 e. The van der Waals surface area contributed by atoms with Gasteiger partial charge in [-0.2, -0.15) is 5.10 Å². The standard InChI is InChI=1S/C17H15N3O2/c1-11-2-7-15(16(21)8-11)20-17(22)13-5-3-12(4-6-13)14-9-18-19-10-14/h2-10,21H,1H3,(H,18,19)(H,20,22). The number of hydrogen-bond donors (Lipinski definition) is 3. The SMILES string of the molecule is Cc1ccc(NC(=O)c2ccc(-c3cn[nH]c3)cc2)c(O)c1. The molecule has 3 aromatic rings. The van der Waals surface area contributed by atoms with E-state index in [2.05, 4.69) is 15.5 Å². The number of aromatic hydroxyl groups is 1. The van der Waals surface area contributed by atoms with Gasteiger partial charge in [-0.3, -0.25) is 9.89 Å². The van der Waals surface area contributed by atoms with E-state index in [-0.39, 0.29) is 11.7 Å². The molecule has 0 aliphatic rings. The van der Waals surface area contributed by atoms with Crippen LogP contribution in [0.2, 0.25) is 0 Å². The molecule has 0 radical (unpaired) electrons. The molecule has 0 saturated heterocycles. The number of amides is 1. The first kappa shape index (κ1) is 13.9. The number of aryl methyl sites for hydroxylation is 1. The maximum atomic E-state index is 12.2. The molecule has 5 heteroatoms. The molecular formula is C17H15N3O2. The Balaban J connectivity index is 1.77. The number of phenolic OH excluding ortho intramolecular Hbond substituents is 1. The van der Waals surface area contributed by atoms with Gasteiger partial charge in [-0.05, 0) is 42.3 Å². The van der Waals surface area contributed by atoms with Crippen molar-refractivity contribution in [1.29, 1.82) is 0 Å². The molecule has 110 valence electrons. The van der Waals surface area contributed by atoms with Crippen LogP contribution in [0.25, 0.3) is 11.1 Å². The zero-order chi connectivity index (χ0) is 15.5. The van der Waals surface area contributed by atoms with Crippen LogP contribution in [-0.4, -0.2) is 21.2 Å². The van der Waals surface area contributed by atoms with Gasteiger partial charge in [-0.25, -0.2) is 0 Å². The molecule has 1 heterocycles.